The largest absolute Gasteiger partial charge is 0.416 e. The number of pyridine rings is 1. The van der Waals surface area contributed by atoms with Gasteiger partial charge in [0.1, 0.15) is 5.65 Å². The Morgan fingerprint density at radius 3 is 2.68 bits per heavy atom. The van der Waals surface area contributed by atoms with E-state index in [4.69, 9.17) is 0 Å². The molecule has 5 nitrogen and oxygen atoms in total. The standard InChI is InChI=1S/C33H37F3N4O/c1-22(24-7-9-25(10-8-24)28-19-27-14-17-38-32(27)39-21-28)18-31(41)40-29-12-11-26(30(20-29)33(34,35)36)6-2-4-23-5-3-15-37-16-13-23/h7-12,14,17,19-23,37H,2-6,13,15-16,18H2,1H3,(H,38,39)(H,40,41). The number of aromatic nitrogens is 2. The van der Waals surface area contributed by atoms with Gasteiger partial charge in [-0.05, 0) is 98.0 Å². The number of alkyl halides is 3. The van der Waals surface area contributed by atoms with Crippen LogP contribution in [-0.2, 0) is 17.4 Å². The maximum absolute atomic E-state index is 13.9. The molecule has 3 heterocycles. The monoisotopic (exact) mass is 562 g/mol. The number of aromatic amines is 1. The van der Waals surface area contributed by atoms with Crippen LogP contribution in [-0.4, -0.2) is 29.0 Å². The van der Waals surface area contributed by atoms with Crippen molar-refractivity contribution in [3.8, 4) is 11.1 Å². The fraction of sp³-hybridized carbons (Fsp3) is 0.394. The highest BCUT2D eigenvalue weighted by molar-refractivity contribution is 5.91. The number of benzene rings is 2. The van der Waals surface area contributed by atoms with Crippen molar-refractivity contribution >= 4 is 22.6 Å². The summed E-state index contributed by atoms with van der Waals surface area (Å²) in [6, 6.07) is 16.2. The molecule has 2 aromatic heterocycles. The molecule has 4 aromatic rings. The summed E-state index contributed by atoms with van der Waals surface area (Å²) in [6.45, 7) is 3.95. The molecule has 3 N–H and O–H groups in total. The summed E-state index contributed by atoms with van der Waals surface area (Å²) in [5, 5.41) is 7.11. The number of H-pyrrole nitrogens is 1. The van der Waals surface area contributed by atoms with Crippen molar-refractivity contribution in [2.45, 2.75) is 64.0 Å². The second-order valence-corrected chi connectivity index (χ2v) is 11.2. The Morgan fingerprint density at radius 2 is 1.88 bits per heavy atom. The molecular weight excluding hydrogens is 525 g/mol. The van der Waals surface area contributed by atoms with E-state index in [1.54, 1.807) is 6.07 Å². The zero-order valence-corrected chi connectivity index (χ0v) is 23.4. The molecule has 0 aliphatic carbocycles. The second kappa shape index (κ2) is 12.9. The van der Waals surface area contributed by atoms with E-state index in [0.29, 0.717) is 17.9 Å². The van der Waals surface area contributed by atoms with Gasteiger partial charge in [-0.15, -0.1) is 0 Å². The number of aryl methyl sites for hydroxylation is 1. The SMILES string of the molecule is CC(CC(=O)Nc1ccc(CCCC2CCCNCC2)c(C(F)(F)F)c1)c1ccc(-c2cnc3[nH]ccc3c2)cc1. The predicted octanol–water partition coefficient (Wildman–Crippen LogP) is 8.09. The zero-order chi connectivity index (χ0) is 28.8. The molecular formula is C33H37F3N4O. The molecule has 8 heteroatoms. The summed E-state index contributed by atoms with van der Waals surface area (Å²) in [6.07, 6.45) is 4.76. The van der Waals surface area contributed by atoms with Crippen LogP contribution in [0, 0.1) is 5.92 Å². The van der Waals surface area contributed by atoms with Gasteiger partial charge in [-0.3, -0.25) is 4.79 Å². The summed E-state index contributed by atoms with van der Waals surface area (Å²) >= 11 is 0. The van der Waals surface area contributed by atoms with Gasteiger partial charge in [0.05, 0.1) is 5.56 Å². The van der Waals surface area contributed by atoms with Gasteiger partial charge >= 0.3 is 6.18 Å². The van der Waals surface area contributed by atoms with Crippen LogP contribution < -0.4 is 10.6 Å². The number of hydrogen-bond donors (Lipinski definition) is 3. The summed E-state index contributed by atoms with van der Waals surface area (Å²) in [4.78, 5) is 20.3. The Labute approximate surface area is 239 Å². The summed E-state index contributed by atoms with van der Waals surface area (Å²) in [7, 11) is 0. The molecule has 0 spiro atoms. The number of amides is 1. The van der Waals surface area contributed by atoms with E-state index in [9.17, 15) is 18.0 Å². The molecule has 1 amide bonds. The lowest BCUT2D eigenvalue weighted by molar-refractivity contribution is -0.138. The van der Waals surface area contributed by atoms with Gasteiger partial charge in [0.2, 0.25) is 5.91 Å². The van der Waals surface area contributed by atoms with Crippen LogP contribution in [0.2, 0.25) is 0 Å². The molecule has 1 saturated heterocycles. The van der Waals surface area contributed by atoms with Crippen LogP contribution in [0.4, 0.5) is 18.9 Å². The first kappa shape index (κ1) is 28.9. The van der Waals surface area contributed by atoms with Crippen molar-refractivity contribution in [3.63, 3.8) is 0 Å². The quantitative estimate of drug-likeness (QED) is 0.193. The minimum absolute atomic E-state index is 0.102. The maximum atomic E-state index is 13.9. The number of carbonyl (C=O) groups excluding carboxylic acids is 1. The van der Waals surface area contributed by atoms with Crippen molar-refractivity contribution in [3.05, 3.63) is 83.7 Å². The van der Waals surface area contributed by atoms with Crippen LogP contribution in [0.25, 0.3) is 22.2 Å². The lowest BCUT2D eigenvalue weighted by Crippen LogP contribution is -2.16. The third-order valence-corrected chi connectivity index (χ3v) is 8.16. The normalized spacial score (nSPS) is 16.8. The lowest BCUT2D eigenvalue weighted by atomic mass is 9.92. The van der Waals surface area contributed by atoms with Gasteiger partial charge in [-0.25, -0.2) is 4.98 Å². The van der Waals surface area contributed by atoms with E-state index >= 15 is 0 Å². The molecule has 0 saturated carbocycles. The number of anilines is 1. The average Bonchev–Trinajstić information content (AvgIpc) is 3.27. The van der Waals surface area contributed by atoms with Gasteiger partial charge in [-0.1, -0.05) is 43.7 Å². The smallest absolute Gasteiger partial charge is 0.346 e. The third-order valence-electron chi connectivity index (χ3n) is 8.16. The molecule has 1 fully saturated rings. The fourth-order valence-electron chi connectivity index (χ4n) is 5.81. The first-order valence-electron chi connectivity index (χ1n) is 14.5. The third kappa shape index (κ3) is 7.55. The number of halogens is 3. The average molecular weight is 563 g/mol. The highest BCUT2D eigenvalue weighted by atomic mass is 19.4. The number of nitrogens with zero attached hydrogens (tertiary/aromatic N) is 1. The molecule has 5 rings (SSSR count). The van der Waals surface area contributed by atoms with Crippen molar-refractivity contribution in [1.82, 2.24) is 15.3 Å². The van der Waals surface area contributed by atoms with E-state index in [1.807, 2.05) is 49.6 Å². The van der Waals surface area contributed by atoms with E-state index in [0.717, 1.165) is 79.0 Å². The van der Waals surface area contributed by atoms with Crippen molar-refractivity contribution < 1.29 is 18.0 Å². The van der Waals surface area contributed by atoms with Gasteiger partial charge < -0.3 is 15.6 Å². The molecule has 2 unspecified atom stereocenters. The van der Waals surface area contributed by atoms with E-state index in [2.05, 4.69) is 26.7 Å². The van der Waals surface area contributed by atoms with Crippen LogP contribution >= 0.6 is 0 Å². The predicted molar refractivity (Wildman–Crippen MR) is 158 cm³/mol. The Balaban J connectivity index is 1.18. The lowest BCUT2D eigenvalue weighted by Gasteiger charge is -2.17. The number of rotatable bonds is 9. The zero-order valence-electron chi connectivity index (χ0n) is 23.4. The molecule has 41 heavy (non-hydrogen) atoms. The Bertz CT molecular complexity index is 1450. The highest BCUT2D eigenvalue weighted by Gasteiger charge is 2.33. The molecule has 1 aliphatic rings. The first-order chi connectivity index (χ1) is 19.8. The van der Waals surface area contributed by atoms with E-state index in [-0.39, 0.29) is 23.9 Å². The minimum atomic E-state index is -4.47. The Hall–Kier alpha value is -3.65. The molecule has 0 bridgehead atoms. The highest BCUT2D eigenvalue weighted by Crippen LogP contribution is 2.35. The van der Waals surface area contributed by atoms with Crippen molar-refractivity contribution in [1.29, 1.82) is 0 Å². The van der Waals surface area contributed by atoms with Crippen LogP contribution in [0.1, 0.15) is 68.1 Å². The van der Waals surface area contributed by atoms with E-state index in [1.165, 1.54) is 6.07 Å². The number of nitrogens with one attached hydrogen (secondary N) is 3. The molecule has 216 valence electrons. The van der Waals surface area contributed by atoms with Gasteiger partial charge in [-0.2, -0.15) is 13.2 Å². The van der Waals surface area contributed by atoms with Crippen molar-refractivity contribution in [2.75, 3.05) is 18.4 Å². The molecule has 2 atom stereocenters. The maximum Gasteiger partial charge on any atom is 0.416 e. The second-order valence-electron chi connectivity index (χ2n) is 11.2. The fourth-order valence-corrected chi connectivity index (χ4v) is 5.81. The Morgan fingerprint density at radius 1 is 1.05 bits per heavy atom. The minimum Gasteiger partial charge on any atom is -0.346 e. The van der Waals surface area contributed by atoms with Gasteiger partial charge in [0.15, 0.2) is 0 Å². The summed E-state index contributed by atoms with van der Waals surface area (Å²) in [5.74, 6) is 0.156. The van der Waals surface area contributed by atoms with Gasteiger partial charge in [0.25, 0.3) is 0 Å². The number of hydrogen-bond acceptors (Lipinski definition) is 3. The summed E-state index contributed by atoms with van der Waals surface area (Å²) in [5.41, 5.74) is 3.65. The first-order valence-corrected chi connectivity index (χ1v) is 14.5. The topological polar surface area (TPSA) is 69.8 Å². The molecule has 1 aliphatic heterocycles. The summed E-state index contributed by atoms with van der Waals surface area (Å²) < 4.78 is 41.8. The van der Waals surface area contributed by atoms with Crippen molar-refractivity contribution in [2.24, 2.45) is 5.92 Å². The van der Waals surface area contributed by atoms with Crippen LogP contribution in [0.5, 0.6) is 0 Å². The molecule has 2 aromatic carbocycles. The van der Waals surface area contributed by atoms with E-state index < -0.39 is 11.7 Å². The van der Waals surface area contributed by atoms with Crippen LogP contribution in [0.15, 0.2) is 67.0 Å². The Kier molecular flexibility index (Phi) is 9.08. The number of fused-ring (bicyclic) bond motifs is 1. The van der Waals surface area contributed by atoms with Gasteiger partial charge in [0, 0.05) is 35.5 Å². The molecule has 0 radical (unpaired) electrons. The van der Waals surface area contributed by atoms with Crippen LogP contribution in [0.3, 0.4) is 0 Å². The number of carbonyl (C=O) groups is 1.